The number of fused-ring (bicyclic) bond motifs is 2. The second-order valence-electron chi connectivity index (χ2n) is 6.77. The van der Waals surface area contributed by atoms with Gasteiger partial charge in [-0.1, -0.05) is 30.3 Å². The van der Waals surface area contributed by atoms with Gasteiger partial charge in [-0.15, -0.1) is 0 Å². The van der Waals surface area contributed by atoms with Crippen LogP contribution in [0.2, 0.25) is 0 Å². The minimum atomic E-state index is 0.741. The van der Waals surface area contributed by atoms with E-state index in [-0.39, 0.29) is 0 Å². The van der Waals surface area contributed by atoms with E-state index in [1.807, 2.05) is 0 Å². The molecule has 0 aliphatic carbocycles. The molecule has 2 unspecified atom stereocenters. The largest absolute Gasteiger partial charge is 0.330 e. The van der Waals surface area contributed by atoms with Crippen LogP contribution in [0.1, 0.15) is 37.7 Å². The summed E-state index contributed by atoms with van der Waals surface area (Å²) in [6.45, 7) is 3.01. The predicted molar refractivity (Wildman–Crippen MR) is 88.1 cm³/mol. The molecule has 2 atom stereocenters. The second-order valence-corrected chi connectivity index (χ2v) is 6.77. The van der Waals surface area contributed by atoms with Crippen LogP contribution in [0, 0.1) is 0 Å². The quantitative estimate of drug-likeness (QED) is 0.872. The zero-order valence-corrected chi connectivity index (χ0v) is 13.2. The van der Waals surface area contributed by atoms with Gasteiger partial charge in [0.05, 0.1) is 0 Å². The molecule has 3 heteroatoms. The molecule has 2 fully saturated rings. The molecule has 0 saturated carbocycles. The smallest absolute Gasteiger partial charge is 0.0236 e. The van der Waals surface area contributed by atoms with Crippen LogP contribution >= 0.6 is 0 Å². The molecule has 0 spiro atoms. The first-order valence-electron chi connectivity index (χ1n) is 8.48. The first kappa shape index (κ1) is 15.0. The zero-order valence-electron chi connectivity index (χ0n) is 13.2. The fourth-order valence-electron chi connectivity index (χ4n) is 4.18. The first-order chi connectivity index (χ1) is 10.3. The highest BCUT2D eigenvalue weighted by Gasteiger charge is 2.40. The summed E-state index contributed by atoms with van der Waals surface area (Å²) in [6, 6.07) is 13.3. The van der Waals surface area contributed by atoms with Gasteiger partial charge in [-0.3, -0.25) is 4.90 Å². The highest BCUT2D eigenvalue weighted by Crippen LogP contribution is 2.36. The first-order valence-corrected chi connectivity index (χ1v) is 8.48. The van der Waals surface area contributed by atoms with Crippen molar-refractivity contribution >= 4 is 0 Å². The number of piperidine rings is 1. The molecule has 2 aliphatic rings. The Kier molecular flexibility index (Phi) is 4.94. The van der Waals surface area contributed by atoms with Gasteiger partial charge in [0.15, 0.2) is 0 Å². The van der Waals surface area contributed by atoms with Crippen molar-refractivity contribution in [1.29, 1.82) is 0 Å². The highest BCUT2D eigenvalue weighted by molar-refractivity contribution is 5.15. The van der Waals surface area contributed by atoms with E-state index in [1.165, 1.54) is 31.2 Å². The van der Waals surface area contributed by atoms with E-state index in [4.69, 9.17) is 5.73 Å². The SMILES string of the molecule is CN1C2CCC1CC(N(CCCN)Cc1ccccc1)C2. The molecule has 2 heterocycles. The summed E-state index contributed by atoms with van der Waals surface area (Å²) >= 11 is 0. The van der Waals surface area contributed by atoms with Gasteiger partial charge in [-0.2, -0.15) is 0 Å². The van der Waals surface area contributed by atoms with Crippen molar-refractivity contribution in [1.82, 2.24) is 9.80 Å². The van der Waals surface area contributed by atoms with E-state index >= 15 is 0 Å². The van der Waals surface area contributed by atoms with Crippen molar-refractivity contribution in [3.05, 3.63) is 35.9 Å². The zero-order chi connectivity index (χ0) is 14.7. The maximum Gasteiger partial charge on any atom is 0.0236 e. The molecule has 0 aromatic heterocycles. The summed E-state index contributed by atoms with van der Waals surface area (Å²) in [5, 5.41) is 0. The van der Waals surface area contributed by atoms with Gasteiger partial charge in [0.1, 0.15) is 0 Å². The summed E-state index contributed by atoms with van der Waals surface area (Å²) in [6.07, 6.45) is 6.57. The van der Waals surface area contributed by atoms with Crippen molar-refractivity contribution in [2.75, 3.05) is 20.1 Å². The molecule has 3 nitrogen and oxygen atoms in total. The summed E-state index contributed by atoms with van der Waals surface area (Å²) in [5.74, 6) is 0. The fourth-order valence-corrected chi connectivity index (χ4v) is 4.18. The van der Waals surface area contributed by atoms with Crippen LogP contribution < -0.4 is 5.73 Å². The summed E-state index contributed by atoms with van der Waals surface area (Å²) in [7, 11) is 2.32. The molecule has 1 aromatic carbocycles. The van der Waals surface area contributed by atoms with Gasteiger partial charge in [0.25, 0.3) is 0 Å². The van der Waals surface area contributed by atoms with Crippen LogP contribution in [-0.4, -0.2) is 48.1 Å². The average molecular weight is 287 g/mol. The maximum atomic E-state index is 5.75. The molecule has 0 radical (unpaired) electrons. The monoisotopic (exact) mass is 287 g/mol. The predicted octanol–water partition coefficient (Wildman–Crippen LogP) is 2.46. The number of nitrogens with zero attached hydrogens (tertiary/aromatic N) is 2. The Balaban J connectivity index is 1.67. The third kappa shape index (κ3) is 3.47. The average Bonchev–Trinajstić information content (AvgIpc) is 2.74. The van der Waals surface area contributed by atoms with Gasteiger partial charge in [-0.25, -0.2) is 0 Å². The summed E-state index contributed by atoms with van der Waals surface area (Å²) in [5.41, 5.74) is 7.19. The third-order valence-electron chi connectivity index (χ3n) is 5.47. The number of nitrogens with two attached hydrogens (primary N) is 1. The second kappa shape index (κ2) is 6.91. The van der Waals surface area contributed by atoms with Crippen LogP contribution in [0.5, 0.6) is 0 Å². The van der Waals surface area contributed by atoms with E-state index in [0.717, 1.165) is 44.2 Å². The van der Waals surface area contributed by atoms with Crippen LogP contribution in [-0.2, 0) is 6.54 Å². The molecule has 3 rings (SSSR count). The summed E-state index contributed by atoms with van der Waals surface area (Å²) in [4.78, 5) is 5.32. The lowest BCUT2D eigenvalue weighted by atomic mass is 9.95. The van der Waals surface area contributed by atoms with Crippen molar-refractivity contribution in [2.45, 2.75) is 56.8 Å². The number of benzene rings is 1. The minimum absolute atomic E-state index is 0.741. The molecule has 2 aliphatic heterocycles. The number of hydrogen-bond acceptors (Lipinski definition) is 3. The highest BCUT2D eigenvalue weighted by atomic mass is 15.2. The Labute approximate surface area is 129 Å². The Morgan fingerprint density at radius 1 is 1.14 bits per heavy atom. The van der Waals surface area contributed by atoms with E-state index in [1.54, 1.807) is 0 Å². The molecule has 116 valence electrons. The molecule has 21 heavy (non-hydrogen) atoms. The lowest BCUT2D eigenvalue weighted by molar-refractivity contribution is 0.0703. The Morgan fingerprint density at radius 3 is 2.43 bits per heavy atom. The van der Waals surface area contributed by atoms with Crippen LogP contribution in [0.4, 0.5) is 0 Å². The molecule has 2 bridgehead atoms. The van der Waals surface area contributed by atoms with Crippen molar-refractivity contribution in [3.63, 3.8) is 0 Å². The normalized spacial score (nSPS) is 29.2. The standard InChI is InChI=1S/C18H29N3/c1-20-16-8-9-17(20)13-18(12-16)21(11-5-10-19)14-15-6-3-2-4-7-15/h2-4,6-7,16-18H,5,8-14,19H2,1H3. The van der Waals surface area contributed by atoms with Gasteiger partial charge in [-0.05, 0) is 57.8 Å². The van der Waals surface area contributed by atoms with Crippen LogP contribution in [0.3, 0.4) is 0 Å². The van der Waals surface area contributed by atoms with E-state index in [0.29, 0.717) is 0 Å². The number of rotatable bonds is 6. The fraction of sp³-hybridized carbons (Fsp3) is 0.667. The van der Waals surface area contributed by atoms with Crippen LogP contribution in [0.25, 0.3) is 0 Å². The van der Waals surface area contributed by atoms with E-state index in [2.05, 4.69) is 47.2 Å². The van der Waals surface area contributed by atoms with Gasteiger partial charge in [0, 0.05) is 24.7 Å². The van der Waals surface area contributed by atoms with Gasteiger partial charge in [0.2, 0.25) is 0 Å². The van der Waals surface area contributed by atoms with Gasteiger partial charge >= 0.3 is 0 Å². The Bertz CT molecular complexity index is 419. The number of hydrogen-bond donors (Lipinski definition) is 1. The van der Waals surface area contributed by atoms with Crippen molar-refractivity contribution in [2.24, 2.45) is 5.73 Å². The Morgan fingerprint density at radius 2 is 1.81 bits per heavy atom. The van der Waals surface area contributed by atoms with Crippen LogP contribution in [0.15, 0.2) is 30.3 Å². The third-order valence-corrected chi connectivity index (χ3v) is 5.47. The molecular weight excluding hydrogens is 258 g/mol. The van der Waals surface area contributed by atoms with Crippen molar-refractivity contribution < 1.29 is 0 Å². The Hall–Kier alpha value is -0.900. The molecule has 0 amide bonds. The molecule has 2 N–H and O–H groups in total. The topological polar surface area (TPSA) is 32.5 Å². The minimum Gasteiger partial charge on any atom is -0.330 e. The molecular formula is C18H29N3. The van der Waals surface area contributed by atoms with E-state index < -0.39 is 0 Å². The lowest BCUT2D eigenvalue weighted by Crippen LogP contribution is -2.49. The lowest BCUT2D eigenvalue weighted by Gasteiger charge is -2.42. The molecule has 2 saturated heterocycles. The maximum absolute atomic E-state index is 5.75. The van der Waals surface area contributed by atoms with Gasteiger partial charge < -0.3 is 10.6 Å². The van der Waals surface area contributed by atoms with Crippen molar-refractivity contribution in [3.8, 4) is 0 Å². The van der Waals surface area contributed by atoms with E-state index in [9.17, 15) is 0 Å². The molecule has 1 aromatic rings. The summed E-state index contributed by atoms with van der Waals surface area (Å²) < 4.78 is 0.